The van der Waals surface area contributed by atoms with Gasteiger partial charge in [-0.3, -0.25) is 0 Å². The molecular weight excluding hydrogens is 270 g/mol. The first-order valence-electron chi connectivity index (χ1n) is 6.42. The molecule has 0 saturated carbocycles. The minimum absolute atomic E-state index is 0.481. The Hall–Kier alpha value is -2.69. The van der Waals surface area contributed by atoms with Crippen LogP contribution in [0.5, 0.6) is 17.2 Å². The Kier molecular flexibility index (Phi) is 3.39. The molecule has 0 aliphatic carbocycles. The summed E-state index contributed by atoms with van der Waals surface area (Å²) in [5.41, 5.74) is 2.16. The van der Waals surface area contributed by atoms with E-state index in [1.807, 2.05) is 36.4 Å². The third kappa shape index (κ3) is 2.38. The number of fused-ring (bicyclic) bond motifs is 1. The maximum Gasteiger partial charge on any atom is 0.231 e. The molecule has 0 radical (unpaired) electrons. The van der Waals surface area contributed by atoms with Crippen molar-refractivity contribution >= 4 is 11.1 Å². The van der Waals surface area contributed by atoms with E-state index in [-0.39, 0.29) is 0 Å². The fourth-order valence-corrected chi connectivity index (χ4v) is 2.13. The van der Waals surface area contributed by atoms with Crippen LogP contribution < -0.4 is 14.2 Å². The number of methoxy groups -OCH3 is 3. The second-order valence-corrected chi connectivity index (χ2v) is 4.42. The standard InChI is InChI=1S/C16H15NO4/c1-18-10-4-6-14(20-3)12(8-10)16-17-13-9-11(19-2)5-7-15(13)21-16/h4-9H,1-3H3. The second-order valence-electron chi connectivity index (χ2n) is 4.42. The van der Waals surface area contributed by atoms with Gasteiger partial charge in [-0.1, -0.05) is 0 Å². The lowest BCUT2D eigenvalue weighted by Crippen LogP contribution is -1.90. The van der Waals surface area contributed by atoms with E-state index < -0.39 is 0 Å². The van der Waals surface area contributed by atoms with Crippen molar-refractivity contribution in [2.24, 2.45) is 0 Å². The molecule has 0 N–H and O–H groups in total. The normalized spacial score (nSPS) is 10.6. The highest BCUT2D eigenvalue weighted by Crippen LogP contribution is 2.35. The number of benzene rings is 2. The molecule has 0 aliphatic rings. The van der Waals surface area contributed by atoms with Gasteiger partial charge in [-0.05, 0) is 30.3 Å². The Morgan fingerprint density at radius 3 is 2.29 bits per heavy atom. The quantitative estimate of drug-likeness (QED) is 0.734. The zero-order valence-corrected chi connectivity index (χ0v) is 12.0. The van der Waals surface area contributed by atoms with Crippen LogP contribution in [-0.4, -0.2) is 26.3 Å². The predicted molar refractivity (Wildman–Crippen MR) is 79.1 cm³/mol. The lowest BCUT2D eigenvalue weighted by atomic mass is 10.2. The summed E-state index contributed by atoms with van der Waals surface area (Å²) in [6.45, 7) is 0. The van der Waals surface area contributed by atoms with Crippen LogP contribution in [0.1, 0.15) is 0 Å². The van der Waals surface area contributed by atoms with Gasteiger partial charge in [-0.15, -0.1) is 0 Å². The van der Waals surface area contributed by atoms with Crippen LogP contribution in [0.25, 0.3) is 22.6 Å². The predicted octanol–water partition coefficient (Wildman–Crippen LogP) is 3.52. The first kappa shape index (κ1) is 13.3. The maximum absolute atomic E-state index is 5.79. The van der Waals surface area contributed by atoms with Gasteiger partial charge in [0.1, 0.15) is 22.8 Å². The Bertz CT molecular complexity index is 779. The average molecular weight is 285 g/mol. The van der Waals surface area contributed by atoms with Crippen molar-refractivity contribution in [3.63, 3.8) is 0 Å². The highest BCUT2D eigenvalue weighted by Gasteiger charge is 2.14. The van der Waals surface area contributed by atoms with Crippen LogP contribution in [0, 0.1) is 0 Å². The molecule has 5 nitrogen and oxygen atoms in total. The fraction of sp³-hybridized carbons (Fsp3) is 0.188. The third-order valence-electron chi connectivity index (χ3n) is 3.23. The summed E-state index contributed by atoms with van der Waals surface area (Å²) < 4.78 is 21.6. The largest absolute Gasteiger partial charge is 0.497 e. The van der Waals surface area contributed by atoms with Gasteiger partial charge in [0.25, 0.3) is 0 Å². The molecule has 1 heterocycles. The van der Waals surface area contributed by atoms with Crippen molar-refractivity contribution in [3.8, 4) is 28.7 Å². The van der Waals surface area contributed by atoms with E-state index in [9.17, 15) is 0 Å². The molecule has 2 aromatic carbocycles. The van der Waals surface area contributed by atoms with Crippen molar-refractivity contribution in [1.29, 1.82) is 0 Å². The van der Waals surface area contributed by atoms with Gasteiger partial charge in [0, 0.05) is 6.07 Å². The van der Waals surface area contributed by atoms with E-state index in [4.69, 9.17) is 18.6 Å². The minimum Gasteiger partial charge on any atom is -0.497 e. The van der Waals surface area contributed by atoms with Crippen molar-refractivity contribution in [2.75, 3.05) is 21.3 Å². The highest BCUT2D eigenvalue weighted by molar-refractivity contribution is 5.79. The van der Waals surface area contributed by atoms with Gasteiger partial charge in [0.05, 0.1) is 26.9 Å². The summed E-state index contributed by atoms with van der Waals surface area (Å²) in [6.07, 6.45) is 0. The topological polar surface area (TPSA) is 53.7 Å². The van der Waals surface area contributed by atoms with Crippen LogP contribution in [0.3, 0.4) is 0 Å². The van der Waals surface area contributed by atoms with Crippen LogP contribution in [0.15, 0.2) is 40.8 Å². The van der Waals surface area contributed by atoms with Gasteiger partial charge >= 0.3 is 0 Å². The molecule has 21 heavy (non-hydrogen) atoms. The van der Waals surface area contributed by atoms with Gasteiger partial charge in [0.15, 0.2) is 5.58 Å². The first-order valence-corrected chi connectivity index (χ1v) is 6.42. The molecule has 0 amide bonds. The molecule has 0 saturated heterocycles. The smallest absolute Gasteiger partial charge is 0.231 e. The number of oxazole rings is 1. The van der Waals surface area contributed by atoms with E-state index in [0.717, 1.165) is 16.8 Å². The molecule has 3 aromatic rings. The highest BCUT2D eigenvalue weighted by atomic mass is 16.5. The molecule has 1 aromatic heterocycles. The summed E-state index contributed by atoms with van der Waals surface area (Å²) in [4.78, 5) is 4.49. The SMILES string of the molecule is COc1ccc(OC)c(-c2nc3cc(OC)ccc3o2)c1. The molecule has 0 fully saturated rings. The Morgan fingerprint density at radius 1 is 0.857 bits per heavy atom. The summed E-state index contributed by atoms with van der Waals surface area (Å²) in [6, 6.07) is 11.0. The van der Waals surface area contributed by atoms with E-state index in [1.54, 1.807) is 21.3 Å². The van der Waals surface area contributed by atoms with Crippen LogP contribution in [0.2, 0.25) is 0 Å². The maximum atomic E-state index is 5.79. The lowest BCUT2D eigenvalue weighted by Gasteiger charge is -2.07. The number of hydrogen-bond donors (Lipinski definition) is 0. The van der Waals surface area contributed by atoms with Crippen LogP contribution >= 0.6 is 0 Å². The van der Waals surface area contributed by atoms with Crippen LogP contribution in [-0.2, 0) is 0 Å². The van der Waals surface area contributed by atoms with Gasteiger partial charge in [-0.25, -0.2) is 4.98 Å². The summed E-state index contributed by atoms with van der Waals surface area (Å²) >= 11 is 0. The number of aromatic nitrogens is 1. The van der Waals surface area contributed by atoms with Gasteiger partial charge in [-0.2, -0.15) is 0 Å². The number of rotatable bonds is 4. The summed E-state index contributed by atoms with van der Waals surface area (Å²) in [5.74, 6) is 2.61. The van der Waals surface area contributed by atoms with Gasteiger partial charge < -0.3 is 18.6 Å². The molecular formula is C16H15NO4. The fourth-order valence-electron chi connectivity index (χ4n) is 2.13. The Labute approximate surface area is 122 Å². The molecule has 0 bridgehead atoms. The van der Waals surface area contributed by atoms with Gasteiger partial charge in [0.2, 0.25) is 5.89 Å². The molecule has 5 heteroatoms. The monoisotopic (exact) mass is 285 g/mol. The molecule has 0 unspecified atom stereocenters. The third-order valence-corrected chi connectivity index (χ3v) is 3.23. The average Bonchev–Trinajstić information content (AvgIpc) is 2.96. The lowest BCUT2D eigenvalue weighted by molar-refractivity contribution is 0.403. The minimum atomic E-state index is 0.481. The molecule has 108 valence electrons. The zero-order valence-electron chi connectivity index (χ0n) is 12.0. The van der Waals surface area contributed by atoms with E-state index in [0.29, 0.717) is 23.0 Å². The summed E-state index contributed by atoms with van der Waals surface area (Å²) in [7, 11) is 4.84. The zero-order chi connectivity index (χ0) is 14.8. The molecule has 0 aliphatic heterocycles. The van der Waals surface area contributed by atoms with Crippen molar-refractivity contribution in [1.82, 2.24) is 4.98 Å². The number of nitrogens with zero attached hydrogens (tertiary/aromatic N) is 1. The van der Waals surface area contributed by atoms with E-state index in [2.05, 4.69) is 4.98 Å². The first-order chi connectivity index (χ1) is 10.2. The molecule has 0 spiro atoms. The van der Waals surface area contributed by atoms with E-state index in [1.165, 1.54) is 0 Å². The summed E-state index contributed by atoms with van der Waals surface area (Å²) in [5, 5.41) is 0. The molecule has 0 atom stereocenters. The Morgan fingerprint density at radius 2 is 1.57 bits per heavy atom. The molecule has 3 rings (SSSR count). The Balaban J connectivity index is 2.15. The number of ether oxygens (including phenoxy) is 3. The number of hydrogen-bond acceptors (Lipinski definition) is 5. The van der Waals surface area contributed by atoms with Crippen molar-refractivity contribution < 1.29 is 18.6 Å². The second kappa shape index (κ2) is 5.36. The van der Waals surface area contributed by atoms with Crippen LogP contribution in [0.4, 0.5) is 0 Å². The van der Waals surface area contributed by atoms with Crippen molar-refractivity contribution in [3.05, 3.63) is 36.4 Å². The van der Waals surface area contributed by atoms with Crippen molar-refractivity contribution in [2.45, 2.75) is 0 Å². The van der Waals surface area contributed by atoms with E-state index >= 15 is 0 Å².